The van der Waals surface area contributed by atoms with Crippen molar-refractivity contribution in [1.82, 2.24) is 55.1 Å². The molecule has 568 valence electrons. The lowest BCUT2D eigenvalue weighted by atomic mass is 9.95. The molecule has 33 nitrogen and oxygen atoms in total. The maximum absolute atomic E-state index is 14.9. The molecule has 15 N–H and O–H groups in total. The van der Waals surface area contributed by atoms with E-state index in [2.05, 4.69) is 20.9 Å². The number of primary amides is 1. The number of nitrogens with one attached hydrogen (secondary N) is 3. The number of methoxy groups -OCH3 is 4. The van der Waals surface area contributed by atoms with E-state index in [1.165, 1.54) is 64.7 Å². The number of aliphatic imine (C=N–C) groups is 1. The molecule has 2 rings (SSSR count). The fourth-order valence-electron chi connectivity index (χ4n) is 10.7. The Morgan fingerprint density at radius 1 is 0.480 bits per heavy atom. The third kappa shape index (κ3) is 37.4. The molecule has 1 aliphatic rings. The average Bonchev–Trinajstić information content (AvgIpc) is 0.883. The third-order valence-electron chi connectivity index (χ3n) is 16.6. The first kappa shape index (κ1) is 88.8. The number of ether oxygens (including phenoxy) is 4. The van der Waals surface area contributed by atoms with E-state index >= 15 is 0 Å². The Bertz CT molecular complexity index is 2630. The Morgan fingerprint density at radius 2 is 0.870 bits per heavy atom. The molecule has 1 aromatic rings. The number of nitrogens with two attached hydrogens (primary N) is 6. The molecule has 0 saturated heterocycles. The minimum atomic E-state index is -1.22. The van der Waals surface area contributed by atoms with Crippen LogP contribution < -0.4 is 50.4 Å². The molecule has 34 heteroatoms. The summed E-state index contributed by atoms with van der Waals surface area (Å²) in [5.41, 5.74) is 34.8. The molecule has 0 bridgehead atoms. The summed E-state index contributed by atoms with van der Waals surface area (Å²) in [5.74, 6) is -6.61. The normalized spacial score (nSPS) is 12.7. The molecule has 0 aliphatic heterocycles. The van der Waals surface area contributed by atoms with Crippen LogP contribution in [0.2, 0.25) is 0 Å². The fourth-order valence-corrected chi connectivity index (χ4v) is 11.2. The summed E-state index contributed by atoms with van der Waals surface area (Å²) in [4.78, 5) is 170. The summed E-state index contributed by atoms with van der Waals surface area (Å²) in [6.45, 7) is -3.31. The van der Waals surface area contributed by atoms with Gasteiger partial charge in [-0.2, -0.15) is 11.8 Å². The van der Waals surface area contributed by atoms with Crippen LogP contribution in [0.3, 0.4) is 0 Å². The van der Waals surface area contributed by atoms with E-state index < -0.39 is 117 Å². The molecule has 11 amide bonds. The molecule has 0 heterocycles. The Kier molecular flexibility index (Phi) is 47.5. The second-order valence-corrected chi connectivity index (χ2v) is 25.4. The summed E-state index contributed by atoms with van der Waals surface area (Å²) in [7, 11) is 5.58. The Labute approximate surface area is 594 Å². The van der Waals surface area contributed by atoms with Gasteiger partial charge in [0, 0.05) is 93.4 Å². The first-order chi connectivity index (χ1) is 48.1. The van der Waals surface area contributed by atoms with E-state index in [1.54, 1.807) is 30.3 Å². The molecule has 1 aliphatic carbocycles. The van der Waals surface area contributed by atoms with Crippen molar-refractivity contribution < 1.29 is 71.7 Å². The number of hydrogen-bond acceptors (Lipinski definition) is 21. The summed E-state index contributed by atoms with van der Waals surface area (Å²) < 4.78 is 21.3. The molecular weight excluding hydrogens is 1320 g/mol. The van der Waals surface area contributed by atoms with Gasteiger partial charge in [0.25, 0.3) is 0 Å². The number of unbranched alkanes of at least 4 members (excludes halogenated alkanes) is 3. The van der Waals surface area contributed by atoms with Gasteiger partial charge in [-0.05, 0) is 108 Å². The molecule has 0 spiro atoms. The van der Waals surface area contributed by atoms with Crippen molar-refractivity contribution in [2.24, 2.45) is 39.4 Å². The highest BCUT2D eigenvalue weighted by Gasteiger charge is 2.33. The maximum Gasteiger partial charge on any atom is 0.243 e. The van der Waals surface area contributed by atoms with Crippen LogP contribution in [0.25, 0.3) is 0 Å². The highest BCUT2D eigenvalue weighted by Crippen LogP contribution is 2.18. The predicted octanol–water partition coefficient (Wildman–Crippen LogP) is -3.20. The third-order valence-corrected chi connectivity index (χ3v) is 17.2. The number of amides is 11. The SMILES string of the molecule is COCCN(CC(=O)N[C@@H](CCCN=C(N)N)C(=O)N[C@@H](CCSC)C(N)=O)C(=O)CN(CCOC)C(=O)CN(CCOC)C(=O)CN(CCOC)C(=O)CN(Cc1ccccc1)C(=O)CN(CCCCN)C(=O)CN(CCCCN)C(=O)CN(CCCCN)C(=O)CNC1CCCCC1. The van der Waals surface area contributed by atoms with Crippen LogP contribution in [0.15, 0.2) is 35.3 Å². The predicted molar refractivity (Wildman–Crippen MR) is 381 cm³/mol. The average molecular weight is 1440 g/mol. The number of benzene rings is 1. The largest absolute Gasteiger partial charge is 0.383 e. The van der Waals surface area contributed by atoms with E-state index in [-0.39, 0.29) is 129 Å². The van der Waals surface area contributed by atoms with Crippen LogP contribution in [0, 0.1) is 0 Å². The highest BCUT2D eigenvalue weighted by atomic mass is 32.2. The number of hydrogen-bond donors (Lipinski definition) is 9. The van der Waals surface area contributed by atoms with Gasteiger partial charge in [0.1, 0.15) is 18.6 Å². The quantitative estimate of drug-likeness (QED) is 0.0176. The number of guanidine groups is 1. The van der Waals surface area contributed by atoms with E-state index in [9.17, 15) is 52.7 Å². The Balaban J connectivity index is 2.49. The lowest BCUT2D eigenvalue weighted by molar-refractivity contribution is -0.149. The van der Waals surface area contributed by atoms with Gasteiger partial charge in [0.15, 0.2) is 5.96 Å². The van der Waals surface area contributed by atoms with E-state index in [0.717, 1.165) is 46.8 Å². The molecule has 100 heavy (non-hydrogen) atoms. The van der Waals surface area contributed by atoms with Crippen molar-refractivity contribution in [3.8, 4) is 0 Å². The van der Waals surface area contributed by atoms with Crippen LogP contribution in [0.1, 0.15) is 95.5 Å². The molecule has 0 aromatic heterocycles. The van der Waals surface area contributed by atoms with Gasteiger partial charge in [-0.15, -0.1) is 0 Å². The smallest absolute Gasteiger partial charge is 0.243 e. The zero-order valence-corrected chi connectivity index (χ0v) is 60.7. The summed E-state index contributed by atoms with van der Waals surface area (Å²) in [5, 5.41) is 8.63. The van der Waals surface area contributed by atoms with Gasteiger partial charge in [-0.3, -0.25) is 57.7 Å². The van der Waals surface area contributed by atoms with Gasteiger partial charge < -0.3 is 108 Å². The fraction of sp³-hybridized carbons (Fsp3) is 0.727. The maximum atomic E-state index is 14.9. The van der Waals surface area contributed by atoms with E-state index in [4.69, 9.17) is 53.3 Å². The van der Waals surface area contributed by atoms with Gasteiger partial charge >= 0.3 is 0 Å². The van der Waals surface area contributed by atoms with Crippen LogP contribution in [0.4, 0.5) is 0 Å². The second-order valence-electron chi connectivity index (χ2n) is 24.4. The van der Waals surface area contributed by atoms with Crippen LogP contribution in [-0.2, 0) is 78.2 Å². The first-order valence-corrected chi connectivity index (χ1v) is 36.0. The Hall–Kier alpha value is -7.31. The Morgan fingerprint density at radius 3 is 1.26 bits per heavy atom. The van der Waals surface area contributed by atoms with E-state index in [0.29, 0.717) is 76.0 Å². The minimum absolute atomic E-state index is 0.0275. The van der Waals surface area contributed by atoms with Gasteiger partial charge in [-0.25, -0.2) is 0 Å². The van der Waals surface area contributed by atoms with Gasteiger partial charge in [0.05, 0.1) is 78.8 Å². The zero-order chi connectivity index (χ0) is 74.0. The second kappa shape index (κ2) is 53.5. The van der Waals surface area contributed by atoms with Gasteiger partial charge in [0.2, 0.25) is 65.0 Å². The molecule has 1 fully saturated rings. The van der Waals surface area contributed by atoms with Crippen molar-refractivity contribution in [3.63, 3.8) is 0 Å². The number of thioether (sulfide) groups is 1. The van der Waals surface area contributed by atoms with Crippen molar-refractivity contribution in [2.75, 3.05) is 198 Å². The first-order valence-electron chi connectivity index (χ1n) is 34.6. The molecule has 1 aromatic carbocycles. The highest BCUT2D eigenvalue weighted by molar-refractivity contribution is 7.98. The molecule has 1 saturated carbocycles. The molecule has 2 atom stereocenters. The number of carbonyl (C=O) groups excluding carboxylic acids is 11. The van der Waals surface area contributed by atoms with Gasteiger partial charge in [-0.1, -0.05) is 49.6 Å². The topological polar surface area (TPSA) is 455 Å². The van der Waals surface area contributed by atoms with Crippen molar-refractivity contribution >= 4 is 82.7 Å². The van der Waals surface area contributed by atoms with Crippen LogP contribution >= 0.6 is 11.8 Å². The molecule has 0 unspecified atom stereocenters. The standard InChI is InChI=1S/C66H118N18O15S/c1-96-36-32-80(43-55(85)75-54(23-18-28-73-66(71)72)65(95)76-53(64(70)94)24-40-100-5)59(89)46-81(33-37-97-2)60(90)47-82(34-38-98-3)61(91)48-83(35-39-99-4)62(92)50-84(42-51-19-8-6-9-20-51)63(93)49-79(31-17-14-27-69)58(88)45-78(30-16-13-26-68)57(87)44-77(29-15-12-25-67)56(86)41-74-52-21-10-7-11-22-52/h6,8-9,19-20,52-54,74H,7,10-18,21-50,67-69H2,1-5H3,(H2,70,94)(H,75,85)(H,76,95)(H4,71,72,73)/t53-,54-/m0/s1. The van der Waals surface area contributed by atoms with Crippen LogP contribution in [-0.4, -0.2) is 326 Å². The van der Waals surface area contributed by atoms with E-state index in [1.807, 2.05) is 6.26 Å². The van der Waals surface area contributed by atoms with Crippen LogP contribution in [0.5, 0.6) is 0 Å². The number of rotatable bonds is 56. The van der Waals surface area contributed by atoms with Crippen molar-refractivity contribution in [1.29, 1.82) is 0 Å². The lowest BCUT2D eigenvalue weighted by Gasteiger charge is -2.33. The summed E-state index contributed by atoms with van der Waals surface area (Å²) >= 11 is 1.44. The molecular formula is C66H118N18O15S. The van der Waals surface area contributed by atoms with Crippen molar-refractivity contribution in [2.45, 2.75) is 115 Å². The zero-order valence-electron chi connectivity index (χ0n) is 59.9. The lowest BCUT2D eigenvalue weighted by Crippen LogP contribution is -2.55. The monoisotopic (exact) mass is 1430 g/mol. The number of nitrogens with zero attached hydrogens (tertiary/aromatic N) is 9. The number of carbonyl (C=O) groups is 11. The van der Waals surface area contributed by atoms with Crippen molar-refractivity contribution in [3.05, 3.63) is 35.9 Å². The summed E-state index contributed by atoms with van der Waals surface area (Å²) in [6, 6.07) is 6.81. The minimum Gasteiger partial charge on any atom is -0.383 e. The summed E-state index contributed by atoms with van der Waals surface area (Å²) in [6.07, 6.45) is 10.7. The molecule has 0 radical (unpaired) electrons.